The predicted molar refractivity (Wildman–Crippen MR) is 348 cm³/mol. The van der Waals surface area contributed by atoms with Gasteiger partial charge in [-0.3, -0.25) is 4.79 Å². The van der Waals surface area contributed by atoms with Crippen molar-refractivity contribution in [3.63, 3.8) is 0 Å². The van der Waals surface area contributed by atoms with E-state index in [-0.39, 0.29) is 66.1 Å². The molecule has 17 nitrogen and oxygen atoms in total. The molecule has 3 aliphatic rings. The minimum absolute atomic E-state index is 0.0173. The van der Waals surface area contributed by atoms with E-state index >= 15 is 0 Å². The standard InChI is InChI=1S/C77H84O17/c1-54(79)89-71-68(93-76-72(87-50-61-39-23-9-24-40-61)69(85-48-59-35-19-7-20-36-59)66(83-46-57-31-15-5-16-32-57)64(91-76)52-81-44-55-27-11-3-12-28-55)63(43-78)90-75(80-2)74(71)94-77-73(88-51-62-41-25-10-26-42-62)70(86-49-60-37-21-8-22-38-60)67(84-47-58-33-17-6-18-34-58)65(92-77)53-82-45-56-29-13-4-14-30-56/h3-42,63-78H,43-53H2,1-2H3/t63-,64-,65-,66-,67-,68-,69+,70+,71+,72-,73-,74-,75+,76-,77-/m1/s1. The van der Waals surface area contributed by atoms with Crippen molar-refractivity contribution in [2.45, 2.75) is 152 Å². The summed E-state index contributed by atoms with van der Waals surface area (Å²) in [7, 11) is 1.44. The van der Waals surface area contributed by atoms with Crippen LogP contribution >= 0.6 is 0 Å². The van der Waals surface area contributed by atoms with Crippen LogP contribution in [-0.4, -0.2) is 130 Å². The van der Waals surface area contributed by atoms with E-state index < -0.39 is 105 Å². The van der Waals surface area contributed by atoms with Crippen molar-refractivity contribution in [1.82, 2.24) is 0 Å². The fraction of sp³-hybridized carbons (Fsp3) is 0.364. The number of aliphatic hydroxyl groups is 1. The number of rotatable bonds is 33. The van der Waals surface area contributed by atoms with Crippen LogP contribution in [-0.2, 0) is 129 Å². The summed E-state index contributed by atoms with van der Waals surface area (Å²) in [5.41, 5.74) is 7.28. The average Bonchev–Trinajstić information content (AvgIpc) is 0.774. The van der Waals surface area contributed by atoms with Crippen molar-refractivity contribution in [1.29, 1.82) is 0 Å². The van der Waals surface area contributed by atoms with Crippen molar-refractivity contribution in [3.8, 4) is 0 Å². The Morgan fingerprint density at radius 3 is 0.872 bits per heavy atom. The molecule has 1 N–H and O–H groups in total. The second-order valence-electron chi connectivity index (χ2n) is 23.4. The first-order chi connectivity index (χ1) is 46.3. The Labute approximate surface area is 550 Å². The maximum Gasteiger partial charge on any atom is 0.303 e. The molecule has 8 aromatic carbocycles. The molecule has 3 fully saturated rings. The van der Waals surface area contributed by atoms with Crippen molar-refractivity contribution in [2.24, 2.45) is 0 Å². The Balaban J connectivity index is 0.975. The molecule has 0 aromatic heterocycles. The summed E-state index contributed by atoms with van der Waals surface area (Å²) in [6.45, 7) is 2.12. The minimum Gasteiger partial charge on any atom is -0.457 e. The highest BCUT2D eigenvalue weighted by Crippen LogP contribution is 2.39. The number of aliphatic hydroxyl groups excluding tert-OH is 1. The van der Waals surface area contributed by atoms with Crippen LogP contribution in [0.2, 0.25) is 0 Å². The van der Waals surface area contributed by atoms with E-state index in [0.29, 0.717) is 0 Å². The lowest BCUT2D eigenvalue weighted by molar-refractivity contribution is -0.394. The quantitative estimate of drug-likeness (QED) is 0.0384. The smallest absolute Gasteiger partial charge is 0.303 e. The highest BCUT2D eigenvalue weighted by molar-refractivity contribution is 5.66. The Kier molecular flexibility index (Phi) is 26.0. The van der Waals surface area contributed by atoms with Gasteiger partial charge in [-0.1, -0.05) is 243 Å². The second-order valence-corrected chi connectivity index (χ2v) is 23.4. The molecule has 3 heterocycles. The van der Waals surface area contributed by atoms with Gasteiger partial charge in [0.1, 0.15) is 61.0 Å². The van der Waals surface area contributed by atoms with Crippen LogP contribution in [0.3, 0.4) is 0 Å². The summed E-state index contributed by atoms with van der Waals surface area (Å²) < 4.78 is 104. The van der Waals surface area contributed by atoms with Crippen LogP contribution in [0, 0.1) is 0 Å². The molecule has 17 heteroatoms. The maximum absolute atomic E-state index is 13.9. The normalized spacial score (nSPS) is 26.1. The van der Waals surface area contributed by atoms with Crippen LogP contribution in [0.4, 0.5) is 0 Å². The van der Waals surface area contributed by atoms with Crippen molar-refractivity contribution >= 4 is 5.97 Å². The van der Waals surface area contributed by atoms with Gasteiger partial charge in [0, 0.05) is 14.0 Å². The van der Waals surface area contributed by atoms with E-state index in [1.54, 1.807) is 0 Å². The summed E-state index contributed by atoms with van der Waals surface area (Å²) in [6, 6.07) is 78.5. The van der Waals surface area contributed by atoms with Gasteiger partial charge in [0.05, 0.1) is 72.7 Å². The van der Waals surface area contributed by atoms with Gasteiger partial charge in [0.2, 0.25) is 0 Å². The number of carbonyl (C=O) groups excluding carboxylic acids is 1. The number of esters is 1. The third-order valence-electron chi connectivity index (χ3n) is 16.6. The second kappa shape index (κ2) is 35.9. The molecular weight excluding hydrogens is 1200 g/mol. The lowest BCUT2D eigenvalue weighted by atomic mass is 9.95. The van der Waals surface area contributed by atoms with Crippen LogP contribution in [0.15, 0.2) is 243 Å². The van der Waals surface area contributed by atoms with Crippen molar-refractivity contribution in [2.75, 3.05) is 26.9 Å². The SMILES string of the molecule is CO[C@H]1O[C@H](CO)[C@@H](O[C@H]2O[C@H](COCc3ccccc3)[C@@H](OCc3ccccc3)[C@H](OCc3ccccc3)[C@H]2OCc2ccccc2)[C@H](OC(C)=O)[C@H]1O[C@H]1O[C@H](COCc2ccccc2)[C@@H](OCc2ccccc2)[C@H](OCc2ccccc2)[C@H]1OCc1ccccc1. The topological polar surface area (TPSA) is 176 Å². The molecule has 8 aromatic rings. The summed E-state index contributed by atoms with van der Waals surface area (Å²) in [5.74, 6) is -0.695. The summed E-state index contributed by atoms with van der Waals surface area (Å²) in [6.07, 6.45) is -16.8. The molecule has 494 valence electrons. The average molecular weight is 1280 g/mol. The highest BCUT2D eigenvalue weighted by atomic mass is 16.8. The summed E-state index contributed by atoms with van der Waals surface area (Å²) in [5, 5.41) is 11.5. The van der Waals surface area contributed by atoms with E-state index in [4.69, 9.17) is 71.1 Å². The number of hydrogen-bond acceptors (Lipinski definition) is 17. The summed E-state index contributed by atoms with van der Waals surface area (Å²) in [4.78, 5) is 13.9. The first-order valence-corrected chi connectivity index (χ1v) is 32.1. The lowest BCUT2D eigenvalue weighted by Gasteiger charge is -2.51. The third kappa shape index (κ3) is 19.4. The van der Waals surface area contributed by atoms with Crippen LogP contribution in [0.1, 0.15) is 51.4 Å². The van der Waals surface area contributed by atoms with Gasteiger partial charge in [-0.25, -0.2) is 0 Å². The van der Waals surface area contributed by atoms with E-state index in [1.807, 2.05) is 243 Å². The lowest BCUT2D eigenvalue weighted by Crippen LogP contribution is -2.68. The fourth-order valence-corrected chi connectivity index (χ4v) is 11.9. The Morgan fingerprint density at radius 1 is 0.319 bits per heavy atom. The molecule has 0 bridgehead atoms. The van der Waals surface area contributed by atoms with E-state index in [9.17, 15) is 9.90 Å². The number of methoxy groups -OCH3 is 1. The predicted octanol–water partition coefficient (Wildman–Crippen LogP) is 11.4. The van der Waals surface area contributed by atoms with E-state index in [1.165, 1.54) is 14.0 Å². The van der Waals surface area contributed by atoms with Crippen LogP contribution < -0.4 is 0 Å². The molecule has 15 atom stereocenters. The molecule has 3 saturated heterocycles. The molecule has 0 saturated carbocycles. The first kappa shape index (κ1) is 68.0. The molecule has 0 unspecified atom stereocenters. The molecule has 0 spiro atoms. The fourth-order valence-electron chi connectivity index (χ4n) is 11.9. The van der Waals surface area contributed by atoms with Crippen molar-refractivity contribution < 1.29 is 81.0 Å². The van der Waals surface area contributed by atoms with E-state index in [0.717, 1.165) is 44.5 Å². The van der Waals surface area contributed by atoms with Gasteiger partial charge in [-0.05, 0) is 44.5 Å². The monoisotopic (exact) mass is 1280 g/mol. The maximum atomic E-state index is 13.9. The Hall–Kier alpha value is -7.37. The van der Waals surface area contributed by atoms with Gasteiger partial charge >= 0.3 is 5.97 Å². The zero-order chi connectivity index (χ0) is 64.5. The van der Waals surface area contributed by atoms with Crippen LogP contribution in [0.5, 0.6) is 0 Å². The first-order valence-electron chi connectivity index (χ1n) is 32.1. The minimum atomic E-state index is -1.42. The number of ether oxygens (including phenoxy) is 15. The Morgan fingerprint density at radius 2 is 0.585 bits per heavy atom. The van der Waals surface area contributed by atoms with Gasteiger partial charge in [0.25, 0.3) is 0 Å². The Bertz CT molecular complexity index is 3170. The highest BCUT2D eigenvalue weighted by Gasteiger charge is 2.58. The van der Waals surface area contributed by atoms with Gasteiger partial charge in [-0.15, -0.1) is 0 Å². The molecule has 0 amide bonds. The summed E-state index contributed by atoms with van der Waals surface area (Å²) >= 11 is 0. The van der Waals surface area contributed by atoms with Gasteiger partial charge in [-0.2, -0.15) is 0 Å². The zero-order valence-electron chi connectivity index (χ0n) is 53.0. The van der Waals surface area contributed by atoms with Gasteiger partial charge < -0.3 is 76.2 Å². The third-order valence-corrected chi connectivity index (χ3v) is 16.6. The number of benzene rings is 8. The number of hydrogen-bond donors (Lipinski definition) is 1. The largest absolute Gasteiger partial charge is 0.457 e. The molecule has 3 aliphatic heterocycles. The van der Waals surface area contributed by atoms with Crippen LogP contribution in [0.25, 0.3) is 0 Å². The molecule has 11 rings (SSSR count). The van der Waals surface area contributed by atoms with Crippen molar-refractivity contribution in [3.05, 3.63) is 287 Å². The number of carbonyl (C=O) groups is 1. The zero-order valence-corrected chi connectivity index (χ0v) is 53.0. The molecule has 0 aliphatic carbocycles. The molecular formula is C77H84O17. The molecule has 94 heavy (non-hydrogen) atoms. The van der Waals surface area contributed by atoms with E-state index in [2.05, 4.69) is 0 Å². The van der Waals surface area contributed by atoms with Gasteiger partial charge in [0.15, 0.2) is 31.1 Å². The molecule has 0 radical (unpaired) electrons.